The lowest BCUT2D eigenvalue weighted by molar-refractivity contribution is -0.263. The van der Waals surface area contributed by atoms with Gasteiger partial charge >= 0.3 is 11.9 Å². The highest BCUT2D eigenvalue weighted by Crippen LogP contribution is 2.51. The quantitative estimate of drug-likeness (QED) is 0.639. The second-order valence-electron chi connectivity index (χ2n) is 6.64. The molecular weight excluding hydrogens is 304 g/mol. The molecule has 4 heteroatoms. The van der Waals surface area contributed by atoms with Gasteiger partial charge in [0.25, 0.3) is 0 Å². The van der Waals surface area contributed by atoms with Crippen LogP contribution in [0, 0.1) is 0 Å². The van der Waals surface area contributed by atoms with Gasteiger partial charge in [0.1, 0.15) is 0 Å². The van der Waals surface area contributed by atoms with E-state index in [0.717, 1.165) is 36.8 Å². The number of carbonyl (C=O) groups is 2. The highest BCUT2D eigenvalue weighted by Gasteiger charge is 2.56. The molecule has 4 nitrogen and oxygen atoms in total. The molecule has 0 atom stereocenters. The zero-order valence-corrected chi connectivity index (χ0v) is 13.2. The highest BCUT2D eigenvalue weighted by atomic mass is 17.2. The van der Waals surface area contributed by atoms with Gasteiger partial charge in [-0.05, 0) is 36.8 Å². The SMILES string of the molecule is O=C(OOC(=O)C1(c2ccccc2)CC1)C1(c2ccccc2)CC1. The van der Waals surface area contributed by atoms with Crippen LogP contribution in [0.15, 0.2) is 60.7 Å². The van der Waals surface area contributed by atoms with E-state index in [2.05, 4.69) is 0 Å². The molecular formula is C20H18O4. The van der Waals surface area contributed by atoms with Crippen molar-refractivity contribution in [3.63, 3.8) is 0 Å². The normalized spacial score (nSPS) is 19.2. The molecule has 4 rings (SSSR count). The Bertz CT molecular complexity index is 691. The first-order valence-electron chi connectivity index (χ1n) is 8.22. The summed E-state index contributed by atoms with van der Waals surface area (Å²) in [6, 6.07) is 19.0. The summed E-state index contributed by atoms with van der Waals surface area (Å²) in [5.74, 6) is -0.961. The topological polar surface area (TPSA) is 52.6 Å². The summed E-state index contributed by atoms with van der Waals surface area (Å²) in [6.45, 7) is 0. The molecule has 0 bridgehead atoms. The molecule has 0 spiro atoms. The predicted octanol–water partition coefficient (Wildman–Crippen LogP) is 3.45. The van der Waals surface area contributed by atoms with E-state index in [-0.39, 0.29) is 0 Å². The van der Waals surface area contributed by atoms with Crippen molar-refractivity contribution < 1.29 is 19.4 Å². The fourth-order valence-electron chi connectivity index (χ4n) is 3.22. The summed E-state index contributed by atoms with van der Waals surface area (Å²) in [7, 11) is 0. The first-order valence-corrected chi connectivity index (χ1v) is 8.22. The Morgan fingerprint density at radius 2 is 0.958 bits per heavy atom. The molecule has 0 unspecified atom stereocenters. The van der Waals surface area contributed by atoms with Crippen molar-refractivity contribution in [3.8, 4) is 0 Å². The Morgan fingerprint density at radius 1 is 0.625 bits per heavy atom. The van der Waals surface area contributed by atoms with Gasteiger partial charge in [-0.1, -0.05) is 60.7 Å². The van der Waals surface area contributed by atoms with E-state index in [1.54, 1.807) is 0 Å². The summed E-state index contributed by atoms with van der Waals surface area (Å²) in [6.07, 6.45) is 2.88. The standard InChI is InChI=1S/C20H18O4/c21-17(19(11-12-19)15-7-3-1-4-8-15)23-24-18(22)20(13-14-20)16-9-5-2-6-10-16/h1-10H,11-14H2. The summed E-state index contributed by atoms with van der Waals surface area (Å²) < 4.78 is 0. The summed E-state index contributed by atoms with van der Waals surface area (Å²) in [4.78, 5) is 34.7. The fourth-order valence-corrected chi connectivity index (χ4v) is 3.22. The third-order valence-corrected chi connectivity index (χ3v) is 5.13. The number of benzene rings is 2. The van der Waals surface area contributed by atoms with Gasteiger partial charge < -0.3 is 0 Å². The molecule has 2 aliphatic rings. The van der Waals surface area contributed by atoms with Crippen LogP contribution in [-0.2, 0) is 30.2 Å². The number of carbonyl (C=O) groups excluding carboxylic acids is 2. The smallest absolute Gasteiger partial charge is 0.246 e. The average Bonchev–Trinajstić information content (AvgIpc) is 3.55. The molecule has 2 aromatic carbocycles. The van der Waals surface area contributed by atoms with Crippen LogP contribution in [0.4, 0.5) is 0 Å². The number of hydrogen-bond acceptors (Lipinski definition) is 4. The van der Waals surface area contributed by atoms with Crippen molar-refractivity contribution in [1.82, 2.24) is 0 Å². The molecule has 0 heterocycles. The second-order valence-corrected chi connectivity index (χ2v) is 6.64. The van der Waals surface area contributed by atoms with Crippen molar-refractivity contribution >= 4 is 11.9 Å². The van der Waals surface area contributed by atoms with E-state index in [4.69, 9.17) is 9.78 Å². The number of hydrogen-bond donors (Lipinski definition) is 0. The van der Waals surface area contributed by atoms with Crippen molar-refractivity contribution in [2.45, 2.75) is 36.5 Å². The van der Waals surface area contributed by atoms with E-state index in [9.17, 15) is 9.59 Å². The van der Waals surface area contributed by atoms with E-state index < -0.39 is 22.8 Å². The lowest BCUT2D eigenvalue weighted by Gasteiger charge is -2.16. The van der Waals surface area contributed by atoms with Gasteiger partial charge in [-0.25, -0.2) is 19.4 Å². The van der Waals surface area contributed by atoms with Gasteiger partial charge in [0, 0.05) is 0 Å². The Labute approximate surface area is 140 Å². The maximum Gasteiger partial charge on any atom is 0.365 e. The van der Waals surface area contributed by atoms with Gasteiger partial charge in [0.05, 0.1) is 10.8 Å². The molecule has 24 heavy (non-hydrogen) atoms. The molecule has 122 valence electrons. The van der Waals surface area contributed by atoms with Crippen molar-refractivity contribution in [3.05, 3.63) is 71.8 Å². The Morgan fingerprint density at radius 3 is 1.25 bits per heavy atom. The molecule has 2 saturated carbocycles. The van der Waals surface area contributed by atoms with E-state index in [0.29, 0.717) is 0 Å². The zero-order chi connectivity index (χ0) is 16.6. The monoisotopic (exact) mass is 322 g/mol. The van der Waals surface area contributed by atoms with Gasteiger partial charge in [-0.2, -0.15) is 0 Å². The molecule has 0 N–H and O–H groups in total. The second kappa shape index (κ2) is 5.48. The molecule has 0 saturated heterocycles. The average molecular weight is 322 g/mol. The first kappa shape index (κ1) is 14.9. The Balaban J connectivity index is 1.43. The summed E-state index contributed by atoms with van der Waals surface area (Å²) >= 11 is 0. The lowest BCUT2D eigenvalue weighted by atomic mass is 9.96. The molecule has 0 aromatic heterocycles. The van der Waals surface area contributed by atoms with Crippen LogP contribution in [0.5, 0.6) is 0 Å². The van der Waals surface area contributed by atoms with Crippen LogP contribution in [0.1, 0.15) is 36.8 Å². The molecule has 0 aliphatic heterocycles. The fraction of sp³-hybridized carbons (Fsp3) is 0.300. The minimum Gasteiger partial charge on any atom is -0.246 e. The third kappa shape index (κ3) is 2.39. The van der Waals surface area contributed by atoms with E-state index in [1.807, 2.05) is 60.7 Å². The molecule has 2 aromatic rings. The molecule has 2 aliphatic carbocycles. The summed E-state index contributed by atoms with van der Waals surface area (Å²) in [5.41, 5.74) is 0.529. The molecule has 0 amide bonds. The largest absolute Gasteiger partial charge is 0.365 e. The van der Waals surface area contributed by atoms with E-state index in [1.165, 1.54) is 0 Å². The van der Waals surface area contributed by atoms with Crippen LogP contribution in [0.2, 0.25) is 0 Å². The van der Waals surface area contributed by atoms with Crippen LogP contribution in [0.3, 0.4) is 0 Å². The first-order chi connectivity index (χ1) is 11.7. The van der Waals surface area contributed by atoms with Crippen molar-refractivity contribution in [2.75, 3.05) is 0 Å². The minimum absolute atomic E-state index is 0.481. The van der Waals surface area contributed by atoms with Crippen LogP contribution >= 0.6 is 0 Å². The maximum absolute atomic E-state index is 12.4. The van der Waals surface area contributed by atoms with Crippen molar-refractivity contribution in [2.24, 2.45) is 0 Å². The van der Waals surface area contributed by atoms with Crippen molar-refractivity contribution in [1.29, 1.82) is 0 Å². The third-order valence-electron chi connectivity index (χ3n) is 5.13. The Kier molecular flexibility index (Phi) is 3.41. The maximum atomic E-state index is 12.4. The van der Waals surface area contributed by atoms with Crippen LogP contribution in [0.25, 0.3) is 0 Å². The van der Waals surface area contributed by atoms with Gasteiger partial charge in [-0.15, -0.1) is 0 Å². The minimum atomic E-state index is -0.648. The predicted molar refractivity (Wildman–Crippen MR) is 86.9 cm³/mol. The van der Waals surface area contributed by atoms with Gasteiger partial charge in [0.15, 0.2) is 0 Å². The van der Waals surface area contributed by atoms with Gasteiger partial charge in [0.2, 0.25) is 0 Å². The zero-order valence-electron chi connectivity index (χ0n) is 13.2. The Hall–Kier alpha value is -2.62. The molecule has 0 radical (unpaired) electrons. The highest BCUT2D eigenvalue weighted by molar-refractivity contribution is 5.89. The number of rotatable bonds is 4. The van der Waals surface area contributed by atoms with Crippen LogP contribution in [-0.4, -0.2) is 11.9 Å². The van der Waals surface area contributed by atoms with E-state index >= 15 is 0 Å². The summed E-state index contributed by atoms with van der Waals surface area (Å²) in [5, 5.41) is 0. The van der Waals surface area contributed by atoms with Crippen LogP contribution < -0.4 is 0 Å². The lowest BCUT2D eigenvalue weighted by Crippen LogP contribution is -2.29. The van der Waals surface area contributed by atoms with Gasteiger partial charge in [-0.3, -0.25) is 0 Å². The molecule has 2 fully saturated rings.